The molecule has 1 aliphatic heterocycles. The zero-order chi connectivity index (χ0) is 22.7. The number of halogens is 1. The number of nitrogens with zero attached hydrogens (tertiary/aromatic N) is 4. The van der Waals surface area contributed by atoms with Gasteiger partial charge in [0.05, 0.1) is 18.5 Å². The van der Waals surface area contributed by atoms with Gasteiger partial charge in [0.25, 0.3) is 0 Å². The maximum absolute atomic E-state index is 13.4. The van der Waals surface area contributed by atoms with Crippen molar-refractivity contribution in [2.24, 2.45) is 0 Å². The minimum Gasteiger partial charge on any atom is -0.481 e. The van der Waals surface area contributed by atoms with Crippen molar-refractivity contribution in [3.63, 3.8) is 0 Å². The average molecular weight is 437 g/mol. The number of benzene rings is 1. The van der Waals surface area contributed by atoms with Gasteiger partial charge in [-0.1, -0.05) is 18.2 Å². The molecule has 1 atom stereocenters. The van der Waals surface area contributed by atoms with Crippen LogP contribution in [0.3, 0.4) is 0 Å². The summed E-state index contributed by atoms with van der Waals surface area (Å²) in [6.07, 6.45) is 7.34. The molecule has 0 amide bonds. The molecule has 0 N–H and O–H groups in total. The average Bonchev–Trinajstić information content (AvgIpc) is 3.01. The van der Waals surface area contributed by atoms with Crippen molar-refractivity contribution in [2.75, 3.05) is 52.8 Å². The number of pyridine rings is 1. The molecule has 2 heterocycles. The fraction of sp³-hybridized carbons (Fsp3) is 0.423. The van der Waals surface area contributed by atoms with Crippen LogP contribution in [-0.2, 0) is 0 Å². The summed E-state index contributed by atoms with van der Waals surface area (Å²) < 4.78 is 18.9. The van der Waals surface area contributed by atoms with E-state index in [4.69, 9.17) is 9.72 Å². The van der Waals surface area contributed by atoms with Crippen LogP contribution in [0.4, 0.5) is 10.1 Å². The van der Waals surface area contributed by atoms with Gasteiger partial charge in [-0.05, 0) is 61.7 Å². The second kappa shape index (κ2) is 9.74. The van der Waals surface area contributed by atoms with Crippen molar-refractivity contribution >= 4 is 11.3 Å². The molecular formula is C26H33FN4O. The highest BCUT2D eigenvalue weighted by molar-refractivity contribution is 5.76. The molecule has 1 aliphatic carbocycles. The van der Waals surface area contributed by atoms with Crippen LogP contribution in [-0.4, -0.2) is 62.7 Å². The van der Waals surface area contributed by atoms with E-state index in [-0.39, 0.29) is 11.9 Å². The van der Waals surface area contributed by atoms with E-state index < -0.39 is 0 Å². The molecule has 1 fully saturated rings. The Morgan fingerprint density at radius 2 is 1.78 bits per heavy atom. The van der Waals surface area contributed by atoms with Crippen molar-refractivity contribution in [3.05, 3.63) is 71.3 Å². The van der Waals surface area contributed by atoms with Crippen LogP contribution < -0.4 is 9.64 Å². The third-order valence-corrected chi connectivity index (χ3v) is 6.59. The number of hydrogen-bond donors (Lipinski definition) is 0. The Bertz CT molecular complexity index is 999. The molecule has 1 unspecified atom stereocenters. The largest absolute Gasteiger partial charge is 0.481 e. The smallest absolute Gasteiger partial charge is 0.213 e. The quantitative estimate of drug-likeness (QED) is 0.676. The Hall–Kier alpha value is -2.86. The molecule has 32 heavy (non-hydrogen) atoms. The van der Waals surface area contributed by atoms with E-state index in [0.29, 0.717) is 5.88 Å². The Kier molecular flexibility index (Phi) is 6.80. The third kappa shape index (κ3) is 4.80. The fourth-order valence-corrected chi connectivity index (χ4v) is 4.63. The summed E-state index contributed by atoms with van der Waals surface area (Å²) in [4.78, 5) is 11.8. The molecule has 6 heteroatoms. The minimum atomic E-state index is -0.187. The lowest BCUT2D eigenvalue weighted by Crippen LogP contribution is -2.30. The van der Waals surface area contributed by atoms with E-state index in [2.05, 4.69) is 54.1 Å². The normalized spacial score (nSPS) is 19.8. The number of allylic oxidation sites excluding steroid dienone is 4. The van der Waals surface area contributed by atoms with Crippen LogP contribution in [0.5, 0.6) is 5.88 Å². The van der Waals surface area contributed by atoms with Gasteiger partial charge in [-0.15, -0.1) is 0 Å². The van der Waals surface area contributed by atoms with Gasteiger partial charge in [-0.25, -0.2) is 9.37 Å². The monoisotopic (exact) mass is 436 g/mol. The zero-order valence-electron chi connectivity index (χ0n) is 19.5. The maximum atomic E-state index is 13.4. The Labute approximate surface area is 190 Å². The van der Waals surface area contributed by atoms with Gasteiger partial charge in [0.1, 0.15) is 5.82 Å². The number of ether oxygens (including phenoxy) is 1. The summed E-state index contributed by atoms with van der Waals surface area (Å²) in [7, 11) is 8.00. The highest BCUT2D eigenvalue weighted by Crippen LogP contribution is 2.35. The first-order valence-corrected chi connectivity index (χ1v) is 11.3. The number of hydrogen-bond acceptors (Lipinski definition) is 5. The van der Waals surface area contributed by atoms with Gasteiger partial charge < -0.3 is 14.5 Å². The minimum absolute atomic E-state index is 0.187. The zero-order valence-corrected chi connectivity index (χ0v) is 19.5. The molecule has 2 aromatic rings. The van der Waals surface area contributed by atoms with Crippen molar-refractivity contribution in [1.82, 2.24) is 14.8 Å². The van der Waals surface area contributed by atoms with Gasteiger partial charge in [0.2, 0.25) is 5.88 Å². The lowest BCUT2D eigenvalue weighted by atomic mass is 9.97. The van der Waals surface area contributed by atoms with Gasteiger partial charge in [0.15, 0.2) is 0 Å². The molecule has 170 valence electrons. The van der Waals surface area contributed by atoms with E-state index in [9.17, 15) is 4.39 Å². The van der Waals surface area contributed by atoms with Gasteiger partial charge in [-0.3, -0.25) is 4.90 Å². The number of likely N-dealkylation sites (N-methyl/N-ethyl adjacent to an activating group) is 1. The highest BCUT2D eigenvalue weighted by Gasteiger charge is 2.25. The van der Waals surface area contributed by atoms with Crippen LogP contribution in [0.15, 0.2) is 54.2 Å². The van der Waals surface area contributed by atoms with Crippen molar-refractivity contribution in [1.29, 1.82) is 0 Å². The van der Waals surface area contributed by atoms with Gasteiger partial charge in [0, 0.05) is 51.5 Å². The number of aromatic nitrogens is 1. The van der Waals surface area contributed by atoms with Crippen molar-refractivity contribution in [2.45, 2.75) is 25.3 Å². The predicted octanol–water partition coefficient (Wildman–Crippen LogP) is 4.74. The molecule has 0 spiro atoms. The molecule has 0 radical (unpaired) electrons. The SMILES string of the molecule is COc1ccc(N2CCC(c3ccc(F)cc3)N(C)CC2)c(C2=CC=C(N(C)C)CC2)n1. The predicted molar refractivity (Wildman–Crippen MR) is 128 cm³/mol. The lowest BCUT2D eigenvalue weighted by Gasteiger charge is -2.27. The molecule has 4 rings (SSSR count). The highest BCUT2D eigenvalue weighted by atomic mass is 19.1. The molecule has 1 saturated heterocycles. The summed E-state index contributed by atoms with van der Waals surface area (Å²) in [5.41, 5.74) is 5.92. The second-order valence-corrected chi connectivity index (χ2v) is 8.79. The second-order valence-electron chi connectivity index (χ2n) is 8.79. The number of methoxy groups -OCH3 is 1. The van der Waals surface area contributed by atoms with Crippen molar-refractivity contribution in [3.8, 4) is 5.88 Å². The summed E-state index contributed by atoms with van der Waals surface area (Å²) in [6.45, 7) is 2.76. The molecule has 5 nitrogen and oxygen atoms in total. The standard InChI is InChI=1S/C26H33FN4O/c1-29(2)22-11-7-20(8-12-22)26-24(13-14-25(28-26)32-4)31-16-15-23(30(3)17-18-31)19-5-9-21(27)10-6-19/h5-7,9-11,13-14,23H,8,12,15-18H2,1-4H3. The van der Waals surface area contributed by atoms with Crippen LogP contribution in [0.25, 0.3) is 5.57 Å². The molecular weight excluding hydrogens is 403 g/mol. The maximum Gasteiger partial charge on any atom is 0.213 e. The van der Waals surface area contributed by atoms with Crippen LogP contribution >= 0.6 is 0 Å². The summed E-state index contributed by atoms with van der Waals surface area (Å²) in [5.74, 6) is 0.455. The van der Waals surface area contributed by atoms with E-state index in [1.807, 2.05) is 18.2 Å². The third-order valence-electron chi connectivity index (χ3n) is 6.59. The fourth-order valence-electron chi connectivity index (χ4n) is 4.63. The van der Waals surface area contributed by atoms with Crippen LogP contribution in [0.1, 0.15) is 36.6 Å². The number of rotatable bonds is 5. The summed E-state index contributed by atoms with van der Waals surface area (Å²) in [5, 5.41) is 0. The first kappa shape index (κ1) is 22.3. The molecule has 1 aromatic heterocycles. The topological polar surface area (TPSA) is 31.8 Å². The molecule has 0 saturated carbocycles. The first-order chi connectivity index (χ1) is 15.5. The Morgan fingerprint density at radius 1 is 1.00 bits per heavy atom. The molecule has 1 aromatic carbocycles. The van der Waals surface area contributed by atoms with Crippen LogP contribution in [0.2, 0.25) is 0 Å². The van der Waals surface area contributed by atoms with E-state index in [1.54, 1.807) is 19.2 Å². The van der Waals surface area contributed by atoms with E-state index in [1.165, 1.54) is 16.8 Å². The van der Waals surface area contributed by atoms with E-state index in [0.717, 1.165) is 50.3 Å². The summed E-state index contributed by atoms with van der Waals surface area (Å²) in [6, 6.07) is 11.3. The molecule has 2 aliphatic rings. The number of anilines is 1. The van der Waals surface area contributed by atoms with Crippen LogP contribution in [0, 0.1) is 5.82 Å². The van der Waals surface area contributed by atoms with Gasteiger partial charge >= 0.3 is 0 Å². The summed E-state index contributed by atoms with van der Waals surface area (Å²) >= 11 is 0. The van der Waals surface area contributed by atoms with Crippen molar-refractivity contribution < 1.29 is 9.13 Å². The lowest BCUT2D eigenvalue weighted by molar-refractivity contribution is 0.258. The Balaban J connectivity index is 1.61. The Morgan fingerprint density at radius 3 is 2.44 bits per heavy atom. The van der Waals surface area contributed by atoms with Gasteiger partial charge in [-0.2, -0.15) is 0 Å². The van der Waals surface area contributed by atoms with E-state index >= 15 is 0 Å². The molecule has 0 bridgehead atoms. The first-order valence-electron chi connectivity index (χ1n) is 11.3.